The molecule has 0 saturated heterocycles. The molecule has 0 atom stereocenters. The maximum atomic E-state index is 9.10. The average molecular weight is 1030 g/mol. The fourth-order valence-electron chi connectivity index (χ4n) is 9.89. The number of rotatable bonds is 7. The molecule has 6 aromatic carbocycles. The Morgan fingerprint density at radius 3 is 1.95 bits per heavy atom. The van der Waals surface area contributed by atoms with Crippen molar-refractivity contribution in [3.63, 3.8) is 0 Å². The number of aromatic nitrogens is 5. The number of para-hydroxylation sites is 3. The van der Waals surface area contributed by atoms with Crippen molar-refractivity contribution in [2.45, 2.75) is 59.3 Å². The molecule has 1 aliphatic rings. The molecule has 10 aromatic rings. The van der Waals surface area contributed by atoms with Gasteiger partial charge in [-0.15, -0.1) is 0 Å². The normalized spacial score (nSPS) is 17.1. The predicted molar refractivity (Wildman–Crippen MR) is 258 cm³/mol. The van der Waals surface area contributed by atoms with E-state index in [2.05, 4.69) is 108 Å². The summed E-state index contributed by atoms with van der Waals surface area (Å²) in [5, 5.41) is 2.29. The van der Waals surface area contributed by atoms with E-state index in [-0.39, 0.29) is 44.2 Å². The van der Waals surface area contributed by atoms with E-state index < -0.39 is 60.4 Å². The zero-order chi connectivity index (χ0) is 52.8. The van der Waals surface area contributed by atoms with Gasteiger partial charge < -0.3 is 0 Å². The van der Waals surface area contributed by atoms with Crippen LogP contribution in [0.3, 0.4) is 0 Å². The zero-order valence-corrected chi connectivity index (χ0v) is 38.6. The Morgan fingerprint density at radius 1 is 0.609 bits per heavy atom. The molecule has 64 heavy (non-hydrogen) atoms. The number of aryl methyl sites for hydroxylation is 1. The van der Waals surface area contributed by atoms with Crippen LogP contribution >= 0.6 is 0 Å². The summed E-state index contributed by atoms with van der Waals surface area (Å²) in [5.41, 5.74) is 7.67. The van der Waals surface area contributed by atoms with E-state index in [9.17, 15) is 0 Å². The van der Waals surface area contributed by atoms with Crippen LogP contribution in [0, 0.1) is 16.1 Å². The monoisotopic (exact) mass is 1020 g/mol. The van der Waals surface area contributed by atoms with Crippen LogP contribution < -0.4 is 4.74 Å². The van der Waals surface area contributed by atoms with Crippen LogP contribution in [0.5, 0.6) is 11.5 Å². The van der Waals surface area contributed by atoms with E-state index in [0.717, 1.165) is 27.8 Å². The molecule has 0 aliphatic heterocycles. The van der Waals surface area contributed by atoms with Crippen LogP contribution in [-0.2, 0) is 30.2 Å². The second kappa shape index (κ2) is 14.7. The summed E-state index contributed by atoms with van der Waals surface area (Å²) in [4.78, 5) is 9.57. The first-order chi connectivity index (χ1) is 35.0. The Morgan fingerprint density at radius 2 is 1.28 bits per heavy atom. The van der Waals surface area contributed by atoms with Gasteiger partial charge in [-0.1, -0.05) is 47.6 Å². The molecule has 0 spiro atoms. The third-order valence-corrected chi connectivity index (χ3v) is 15.2. The Balaban J connectivity index is 1.11. The van der Waals surface area contributed by atoms with Crippen molar-refractivity contribution in [2.75, 3.05) is 0 Å². The molecule has 6 nitrogen and oxygen atoms in total. The van der Waals surface area contributed by atoms with E-state index in [4.69, 9.17) is 23.4 Å². The fourth-order valence-corrected chi connectivity index (χ4v) is 11.0. The summed E-state index contributed by atoms with van der Waals surface area (Å²) >= 11 is 2.16. The van der Waals surface area contributed by atoms with E-state index in [1.165, 1.54) is 16.5 Å². The number of ether oxygens (including phenoxy) is 1. The minimum absolute atomic E-state index is 0.0593. The van der Waals surface area contributed by atoms with Crippen LogP contribution in [0.25, 0.3) is 72.3 Å². The van der Waals surface area contributed by atoms with Gasteiger partial charge >= 0.3 is 306 Å². The van der Waals surface area contributed by atoms with Gasteiger partial charge in [-0.2, -0.15) is 0 Å². The van der Waals surface area contributed by atoms with Gasteiger partial charge in [-0.25, -0.2) is 0 Å². The summed E-state index contributed by atoms with van der Waals surface area (Å²) in [5.74, 6) is 1.80. The first-order valence-corrected chi connectivity index (χ1v) is 22.3. The number of benzene rings is 6. The third-order valence-electron chi connectivity index (χ3n) is 14.2. The van der Waals surface area contributed by atoms with Gasteiger partial charge in [-0.05, 0) is 40.4 Å². The van der Waals surface area contributed by atoms with Gasteiger partial charge in [0, 0.05) is 6.20 Å². The number of imidazole rings is 1. The molecule has 0 amide bonds. The maximum absolute atomic E-state index is 9.10. The molecule has 4 heterocycles. The Labute approximate surface area is 398 Å². The molecule has 1 aliphatic carbocycles. The van der Waals surface area contributed by atoms with Crippen molar-refractivity contribution in [3.05, 3.63) is 191 Å². The first-order valence-electron chi connectivity index (χ1n) is 26.2. The molecule has 11 rings (SSSR count). The van der Waals surface area contributed by atoms with Crippen LogP contribution in [0.2, 0.25) is 0 Å². The zero-order valence-electron chi connectivity index (χ0n) is 46.4. The molecule has 4 aromatic heterocycles. The van der Waals surface area contributed by atoms with Gasteiger partial charge in [0.05, 0.1) is 0 Å². The molecule has 0 bridgehead atoms. The van der Waals surface area contributed by atoms with Crippen molar-refractivity contribution in [1.29, 1.82) is 0 Å². The third kappa shape index (κ3) is 5.92. The fraction of sp³-hybridized carbons (Fsp3) is 0.175. The van der Waals surface area contributed by atoms with Crippen molar-refractivity contribution in [2.24, 2.45) is 5.41 Å². The number of hydrogen-bond acceptors (Lipinski definition) is 3. The summed E-state index contributed by atoms with van der Waals surface area (Å²) < 4.78 is 101. The number of fused-ring (bicyclic) bond motifs is 6. The molecule has 0 unspecified atom stereocenters. The van der Waals surface area contributed by atoms with Gasteiger partial charge in [0.15, 0.2) is 0 Å². The molecule has 318 valence electrons. The minimum atomic E-state index is -0.563. The van der Waals surface area contributed by atoms with E-state index in [1.807, 2.05) is 57.8 Å². The average Bonchev–Trinajstić information content (AvgIpc) is 3.91. The summed E-state index contributed by atoms with van der Waals surface area (Å²) in [7, 11) is 0. The van der Waals surface area contributed by atoms with Crippen molar-refractivity contribution in [1.82, 2.24) is 23.7 Å². The molecular formula is C57H49N5OPt. The van der Waals surface area contributed by atoms with Crippen molar-refractivity contribution in [3.8, 4) is 50.9 Å². The molecule has 0 fully saturated rings. The number of pyridine rings is 2. The van der Waals surface area contributed by atoms with Gasteiger partial charge in [0.25, 0.3) is 0 Å². The predicted octanol–water partition coefficient (Wildman–Crippen LogP) is 14.4. The van der Waals surface area contributed by atoms with Crippen LogP contribution in [0.15, 0.2) is 170 Å². The SMILES string of the molecule is [2H]c1c([2H])c([2H])c(-c2cccc(-c3c([2H])c([2H])c([2H])c([2H])c3[2H])c2-n2[c](=[Pt])n(-c3cncc(Oc4ccc5c6c7c(ccc6n(-c6cc(C)ccn6)c5c4)C(C)(C)C(C)(C)C7(C)C)c3)c3ccccc32)c([2H])c1[2H]. The van der Waals surface area contributed by atoms with Crippen LogP contribution in [0.4, 0.5) is 0 Å². The van der Waals surface area contributed by atoms with Crippen LogP contribution in [0.1, 0.15) is 71.9 Å². The Bertz CT molecular complexity index is 4010. The molecule has 0 radical (unpaired) electrons. The van der Waals surface area contributed by atoms with Gasteiger partial charge in [-0.3, -0.25) is 0 Å². The molecule has 0 saturated carbocycles. The summed E-state index contributed by atoms with van der Waals surface area (Å²) in [6.45, 7) is 16.2. The Kier molecular flexibility index (Phi) is 7.01. The van der Waals surface area contributed by atoms with E-state index in [0.29, 0.717) is 32.0 Å². The van der Waals surface area contributed by atoms with Crippen molar-refractivity contribution >= 4 is 32.8 Å². The molecule has 7 heteroatoms. The van der Waals surface area contributed by atoms with E-state index >= 15 is 0 Å². The second-order valence-electron chi connectivity index (χ2n) is 18.0. The van der Waals surface area contributed by atoms with E-state index in [1.54, 1.807) is 30.6 Å². The number of nitrogens with zero attached hydrogens (tertiary/aromatic N) is 5. The quantitative estimate of drug-likeness (QED) is 0.160. The first kappa shape index (κ1) is 30.5. The summed E-state index contributed by atoms with van der Waals surface area (Å²) in [6, 6.07) is 23.8. The standard InChI is InChI=1S/C57H49N5O.Pt/c1-37-29-30-59-51(31-37)62-49-28-27-46-53(56(4,5)57(6,7)55(46,2)3)52(49)45-26-25-41(33-50(45)62)63-42-32-40(34-58-35-42)60-36-61(48-24-15-14-23-47(48)60)54-43(38-17-10-8-11-18-38)21-16-22-44(54)39-19-12-9-13-20-39;/h8-35H,1-7H3;/i8D,9D,10D,11D,12D,13D,17D,18D,19D,20D;. The second-order valence-corrected chi connectivity index (χ2v) is 19.1. The van der Waals surface area contributed by atoms with Gasteiger partial charge in [0.2, 0.25) is 0 Å². The van der Waals surface area contributed by atoms with Crippen molar-refractivity contribution < 1.29 is 37.8 Å². The number of hydrogen-bond donors (Lipinski definition) is 0. The molecular weight excluding hydrogens is 966 g/mol. The summed E-state index contributed by atoms with van der Waals surface area (Å²) in [6.07, 6.45) is 5.17. The molecule has 0 N–H and O–H groups in total. The van der Waals surface area contributed by atoms with Gasteiger partial charge in [0.1, 0.15) is 0 Å². The Hall–Kier alpha value is -6.62. The van der Waals surface area contributed by atoms with Crippen LogP contribution in [-0.4, -0.2) is 23.7 Å². The topological polar surface area (TPSA) is 49.8 Å².